The zero-order valence-electron chi connectivity index (χ0n) is 33.9. The molecule has 1 aromatic heterocycles. The molecule has 0 spiro atoms. The molecule has 277 valence electrons. The lowest BCUT2D eigenvalue weighted by Crippen LogP contribution is -2.63. The van der Waals surface area contributed by atoms with E-state index in [1.807, 2.05) is 0 Å². The van der Waals surface area contributed by atoms with Gasteiger partial charge in [-0.3, -0.25) is 0 Å². The van der Waals surface area contributed by atoms with Crippen LogP contribution in [0.5, 0.6) is 6.01 Å². The van der Waals surface area contributed by atoms with Gasteiger partial charge in [0.05, 0.1) is 6.61 Å². The quantitative estimate of drug-likeness (QED) is 0.116. The lowest BCUT2D eigenvalue weighted by molar-refractivity contribution is 0.157. The molecule has 1 atom stereocenters. The van der Waals surface area contributed by atoms with E-state index in [9.17, 15) is 0 Å². The molecule has 0 aromatic carbocycles. The second-order valence-corrected chi connectivity index (χ2v) is 31.0. The van der Waals surface area contributed by atoms with Crippen molar-refractivity contribution in [3.05, 3.63) is 0 Å². The molecule has 1 unspecified atom stereocenters. The fourth-order valence-corrected chi connectivity index (χ4v) is 18.3. The van der Waals surface area contributed by atoms with Crippen molar-refractivity contribution in [1.29, 1.82) is 0 Å². The number of hydrogen-bond donors (Lipinski definition) is 2. The molecule has 2 N–H and O–H groups in total. The number of aromatic nitrogens is 3. The molecule has 1 radical (unpaired) electrons. The zero-order valence-corrected chi connectivity index (χ0v) is 35.9. The van der Waals surface area contributed by atoms with Gasteiger partial charge in [-0.05, 0) is 100 Å². The Balaban J connectivity index is 2.07. The fourth-order valence-electron chi connectivity index (χ4n) is 8.93. The minimum absolute atomic E-state index is 0.0272. The van der Waals surface area contributed by atoms with Crippen LogP contribution in [0.15, 0.2) is 0 Å². The van der Waals surface area contributed by atoms with Gasteiger partial charge in [0.2, 0.25) is 11.9 Å². The predicted octanol–water partition coefficient (Wildman–Crippen LogP) is 8.79. The first-order chi connectivity index (χ1) is 22.3. The lowest BCUT2D eigenvalue weighted by Gasteiger charge is -2.50. The molecule has 0 aliphatic carbocycles. The highest BCUT2D eigenvalue weighted by atomic mass is 29.2. The third-order valence-corrected chi connectivity index (χ3v) is 26.5. The Morgan fingerprint density at radius 1 is 0.708 bits per heavy atom. The average Bonchev–Trinajstić information content (AvgIpc) is 2.96. The van der Waals surface area contributed by atoms with Crippen LogP contribution >= 0.6 is 0 Å². The Morgan fingerprint density at radius 2 is 1.12 bits per heavy atom. The molecule has 2 saturated heterocycles. The number of hydrogen-bond acceptors (Lipinski definition) is 8. The largest absolute Gasteiger partial charge is 0.463 e. The highest BCUT2D eigenvalue weighted by Crippen LogP contribution is 2.36. The first-order valence-corrected chi connectivity index (χ1v) is 25.7. The number of nitrogens with zero attached hydrogens (tertiary/aromatic N) is 5. The van der Waals surface area contributed by atoms with Crippen molar-refractivity contribution in [3.63, 3.8) is 0 Å². The van der Waals surface area contributed by atoms with E-state index in [1.165, 1.54) is 18.1 Å². The Hall–Kier alpha value is -1.24. The van der Waals surface area contributed by atoms with Crippen LogP contribution in [0, 0.1) is 0 Å². The molecule has 3 rings (SSSR count). The van der Waals surface area contributed by atoms with Crippen molar-refractivity contribution < 1.29 is 4.74 Å². The topological polar surface area (TPSA) is 78.4 Å². The number of rotatable bonds is 18. The molecule has 48 heavy (non-hydrogen) atoms. The van der Waals surface area contributed by atoms with Gasteiger partial charge in [0, 0.05) is 63.2 Å². The Morgan fingerprint density at radius 3 is 1.48 bits per heavy atom. The first-order valence-electron chi connectivity index (χ1n) is 19.6. The van der Waals surface area contributed by atoms with Gasteiger partial charge in [-0.25, -0.2) is 0 Å². The Kier molecular flexibility index (Phi) is 14.5. The summed E-state index contributed by atoms with van der Waals surface area (Å²) in [5, 5.41) is 7.79. The second kappa shape index (κ2) is 16.9. The Bertz CT molecular complexity index is 1050. The van der Waals surface area contributed by atoms with Crippen molar-refractivity contribution in [2.45, 2.75) is 206 Å². The smallest absolute Gasteiger partial charge is 0.323 e. The van der Waals surface area contributed by atoms with E-state index in [2.05, 4.69) is 117 Å². The molecule has 8 nitrogen and oxygen atoms in total. The average molecular weight is 703 g/mol. The molecule has 0 saturated carbocycles. The van der Waals surface area contributed by atoms with Gasteiger partial charge in [-0.1, -0.05) is 71.8 Å². The van der Waals surface area contributed by atoms with Crippen molar-refractivity contribution in [1.82, 2.24) is 25.6 Å². The minimum atomic E-state index is -1.21. The second-order valence-electron chi connectivity index (χ2n) is 18.2. The van der Waals surface area contributed by atoms with E-state index in [4.69, 9.17) is 19.7 Å². The highest BCUT2D eigenvalue weighted by molar-refractivity contribution is 7.32. The molecule has 2 fully saturated rings. The van der Waals surface area contributed by atoms with E-state index in [0.717, 1.165) is 82.8 Å². The van der Waals surface area contributed by atoms with E-state index < -0.39 is 7.59 Å². The van der Waals surface area contributed by atoms with Crippen molar-refractivity contribution in [3.8, 4) is 6.01 Å². The van der Waals surface area contributed by atoms with Gasteiger partial charge in [-0.2, -0.15) is 15.0 Å². The third-order valence-electron chi connectivity index (χ3n) is 11.3. The van der Waals surface area contributed by atoms with Crippen LogP contribution in [-0.2, 0) is 0 Å². The van der Waals surface area contributed by atoms with Crippen LogP contribution < -0.4 is 25.2 Å². The van der Waals surface area contributed by atoms with Crippen LogP contribution in [0.25, 0.3) is 0 Å². The predicted molar refractivity (Wildman–Crippen MR) is 212 cm³/mol. The monoisotopic (exact) mass is 703 g/mol. The van der Waals surface area contributed by atoms with E-state index >= 15 is 0 Å². The van der Waals surface area contributed by atoms with Gasteiger partial charge < -0.3 is 25.2 Å². The molecule has 3 heterocycles. The maximum Gasteiger partial charge on any atom is 0.323 e. The summed E-state index contributed by atoms with van der Waals surface area (Å²) in [6, 6.07) is 5.25. The first kappa shape index (κ1) is 41.2. The van der Waals surface area contributed by atoms with Gasteiger partial charge in [0.15, 0.2) is 0 Å². The van der Waals surface area contributed by atoms with Crippen molar-refractivity contribution in [2.75, 3.05) is 29.5 Å². The van der Waals surface area contributed by atoms with Crippen LogP contribution in [0.3, 0.4) is 0 Å². The van der Waals surface area contributed by atoms with Gasteiger partial charge >= 0.3 is 6.01 Å². The summed E-state index contributed by atoms with van der Waals surface area (Å²) >= 11 is 0. The summed E-state index contributed by atoms with van der Waals surface area (Å²) < 4.78 is 6.58. The molecule has 10 heteroatoms. The zero-order chi connectivity index (χ0) is 36.0. The summed E-state index contributed by atoms with van der Waals surface area (Å²) in [4.78, 5) is 20.8. The molecular formula is C38H76N7OSi2. The van der Waals surface area contributed by atoms with Crippen LogP contribution in [0.4, 0.5) is 11.9 Å². The summed E-state index contributed by atoms with van der Waals surface area (Å²) in [5.41, 5.74) is 0.109. The highest BCUT2D eigenvalue weighted by Gasteiger charge is 2.43. The van der Waals surface area contributed by atoms with Gasteiger partial charge in [-0.15, -0.1) is 0 Å². The van der Waals surface area contributed by atoms with Crippen LogP contribution in [-0.4, -0.2) is 84.8 Å². The molecule has 1 aromatic rings. The number of anilines is 2. The number of nitrogens with one attached hydrogen (secondary N) is 2. The van der Waals surface area contributed by atoms with E-state index in [1.54, 1.807) is 0 Å². The number of unbranched alkanes of at least 4 members (excludes halogenated alkanes) is 2. The molecular weight excluding hydrogens is 627 g/mol. The fraction of sp³-hybridized carbons (Fsp3) is 0.921. The standard InChI is InChI=1S/C38H76N7OSi2/c1-15-19-22-44(30-26-35(5,6)42-36(7,8)27-30)32-39-33(41-34(40-32)46-24-21-25-48(14,18-4)47(13)17-3)45(23-20-16-2)31-28-37(9,10)43-38(11,12)29-31/h30-31,42-43H,15-29H2,1-14H3. The summed E-state index contributed by atoms with van der Waals surface area (Å²) in [6.45, 7) is 35.9. The third kappa shape index (κ3) is 11.7. The molecule has 2 aliphatic heterocycles. The van der Waals surface area contributed by atoms with E-state index in [-0.39, 0.29) is 30.5 Å². The van der Waals surface area contributed by atoms with Crippen LogP contribution in [0.1, 0.15) is 141 Å². The normalized spacial score (nSPS) is 22.0. The van der Waals surface area contributed by atoms with E-state index in [0.29, 0.717) is 24.7 Å². The van der Waals surface area contributed by atoms with Gasteiger partial charge in [0.25, 0.3) is 0 Å². The number of piperidine rings is 2. The van der Waals surface area contributed by atoms with Crippen molar-refractivity contribution in [2.24, 2.45) is 0 Å². The molecule has 0 amide bonds. The summed E-state index contributed by atoms with van der Waals surface area (Å²) in [6.07, 6.45) is 9.76. The summed E-state index contributed by atoms with van der Waals surface area (Å²) in [5.74, 6) is 1.60. The maximum absolute atomic E-state index is 6.58. The Labute approximate surface area is 299 Å². The molecule has 0 bridgehead atoms. The van der Waals surface area contributed by atoms with Gasteiger partial charge in [0.1, 0.15) is 0 Å². The minimum Gasteiger partial charge on any atom is -0.463 e. The lowest BCUT2D eigenvalue weighted by atomic mass is 9.79. The molecule has 2 aliphatic rings. The number of ether oxygens (including phenoxy) is 1. The SMILES string of the molecule is CCCCN(c1nc(OCCC[Si](C)(CC)[Si](C)CC)nc(N(CCCC)C2CC(C)(C)NC(C)(C)C2)n1)C1CC(C)(C)NC(C)(C)C1. The van der Waals surface area contributed by atoms with Crippen molar-refractivity contribution >= 4 is 27.8 Å². The van der Waals surface area contributed by atoms with Crippen LogP contribution in [0.2, 0.25) is 31.2 Å². The summed E-state index contributed by atoms with van der Waals surface area (Å²) in [7, 11) is -1.47. The maximum atomic E-state index is 6.58.